The molecule has 0 unspecified atom stereocenters. The predicted octanol–water partition coefficient (Wildman–Crippen LogP) is 6.65. The van der Waals surface area contributed by atoms with Crippen molar-refractivity contribution in [3.05, 3.63) is 47.5 Å². The molecule has 0 bridgehead atoms. The molecule has 0 spiro atoms. The first-order valence-corrected chi connectivity index (χ1v) is 12.1. The van der Waals surface area contributed by atoms with Crippen molar-refractivity contribution in [2.45, 2.75) is 72.1 Å². The van der Waals surface area contributed by atoms with E-state index in [9.17, 15) is 9.59 Å². The molecule has 3 fully saturated rings. The summed E-state index contributed by atoms with van der Waals surface area (Å²) in [5.41, 5.74) is 2.89. The van der Waals surface area contributed by atoms with Crippen LogP contribution in [0.15, 0.2) is 42.0 Å². The Morgan fingerprint density at radius 1 is 0.933 bits per heavy atom. The van der Waals surface area contributed by atoms with Crippen molar-refractivity contribution in [3.63, 3.8) is 0 Å². The number of allylic oxidation sites excluding steroid dienone is 2. The van der Waals surface area contributed by atoms with Crippen molar-refractivity contribution >= 4 is 11.6 Å². The van der Waals surface area contributed by atoms with Crippen molar-refractivity contribution in [1.82, 2.24) is 0 Å². The topological polar surface area (TPSA) is 34.1 Å². The van der Waals surface area contributed by atoms with E-state index in [0.29, 0.717) is 23.4 Å². The highest BCUT2D eigenvalue weighted by Gasteiger charge is 2.59. The van der Waals surface area contributed by atoms with E-state index >= 15 is 0 Å². The maximum Gasteiger partial charge on any atom is 0.166 e. The van der Waals surface area contributed by atoms with E-state index in [1.807, 2.05) is 30.3 Å². The number of ketones is 2. The lowest BCUT2D eigenvalue weighted by Gasteiger charge is -2.58. The fraction of sp³-hybridized carbons (Fsp3) is 0.643. The summed E-state index contributed by atoms with van der Waals surface area (Å²) in [5.74, 6) is 3.27. The largest absolute Gasteiger partial charge is 0.300 e. The molecule has 5 rings (SSSR count). The third-order valence-electron chi connectivity index (χ3n) is 10.1. The second-order valence-electron chi connectivity index (χ2n) is 11.2. The van der Waals surface area contributed by atoms with Crippen LogP contribution in [0.4, 0.5) is 0 Å². The van der Waals surface area contributed by atoms with Gasteiger partial charge in [-0.1, -0.05) is 55.8 Å². The average Bonchev–Trinajstić information content (AvgIpc) is 3.10. The lowest BCUT2D eigenvalue weighted by atomic mass is 9.46. The summed E-state index contributed by atoms with van der Waals surface area (Å²) in [4.78, 5) is 25.4. The zero-order valence-electron chi connectivity index (χ0n) is 18.8. The minimum atomic E-state index is 0.145. The molecule has 0 aliphatic heterocycles. The van der Waals surface area contributed by atoms with Crippen LogP contribution < -0.4 is 0 Å². The fourth-order valence-corrected chi connectivity index (χ4v) is 8.24. The summed E-state index contributed by atoms with van der Waals surface area (Å²) < 4.78 is 0. The Labute approximate surface area is 181 Å². The van der Waals surface area contributed by atoms with Gasteiger partial charge in [0.05, 0.1) is 0 Å². The minimum Gasteiger partial charge on any atom is -0.300 e. The van der Waals surface area contributed by atoms with Gasteiger partial charge in [-0.15, -0.1) is 0 Å². The van der Waals surface area contributed by atoms with E-state index < -0.39 is 0 Å². The smallest absolute Gasteiger partial charge is 0.166 e. The number of rotatable bonds is 3. The van der Waals surface area contributed by atoms with Gasteiger partial charge in [-0.25, -0.2) is 0 Å². The van der Waals surface area contributed by atoms with Crippen LogP contribution in [0.3, 0.4) is 0 Å². The predicted molar refractivity (Wildman–Crippen MR) is 120 cm³/mol. The number of carbonyl (C=O) groups excluding carboxylic acids is 2. The van der Waals surface area contributed by atoms with Gasteiger partial charge in [0.2, 0.25) is 0 Å². The number of hydrogen-bond donors (Lipinski definition) is 0. The summed E-state index contributed by atoms with van der Waals surface area (Å²) in [7, 11) is 0. The molecule has 0 N–H and O–H groups in total. The summed E-state index contributed by atoms with van der Waals surface area (Å²) in [6, 6.07) is 9.97. The molecule has 1 aromatic carbocycles. The van der Waals surface area contributed by atoms with Crippen molar-refractivity contribution in [3.8, 4) is 0 Å². The lowest BCUT2D eigenvalue weighted by molar-refractivity contribution is -0.122. The van der Waals surface area contributed by atoms with E-state index in [1.54, 1.807) is 12.5 Å². The fourth-order valence-electron chi connectivity index (χ4n) is 8.24. The van der Waals surface area contributed by atoms with Crippen LogP contribution in [0, 0.1) is 40.4 Å². The number of Topliss-reactive ketones (excluding diaryl/α,β-unsaturated/α-hetero) is 2. The first-order valence-electron chi connectivity index (χ1n) is 12.1. The first kappa shape index (κ1) is 20.2. The first-order chi connectivity index (χ1) is 14.3. The summed E-state index contributed by atoms with van der Waals surface area (Å²) in [6.45, 7) is 6.70. The minimum absolute atomic E-state index is 0.145. The van der Waals surface area contributed by atoms with Crippen molar-refractivity contribution in [2.75, 3.05) is 0 Å². The Kier molecular flexibility index (Phi) is 4.84. The van der Waals surface area contributed by atoms with E-state index in [2.05, 4.69) is 19.9 Å². The van der Waals surface area contributed by atoms with Crippen molar-refractivity contribution in [2.24, 2.45) is 40.4 Å². The zero-order chi connectivity index (χ0) is 21.1. The van der Waals surface area contributed by atoms with Crippen LogP contribution in [-0.2, 0) is 4.79 Å². The molecule has 160 valence electrons. The molecule has 2 nitrogen and oxygen atoms in total. The molecular formula is C28H36O2. The summed E-state index contributed by atoms with van der Waals surface area (Å²) >= 11 is 0. The van der Waals surface area contributed by atoms with Gasteiger partial charge >= 0.3 is 0 Å². The summed E-state index contributed by atoms with van der Waals surface area (Å²) in [5, 5.41) is 0. The van der Waals surface area contributed by atoms with Gasteiger partial charge in [-0.05, 0) is 86.9 Å². The van der Waals surface area contributed by atoms with Crippen LogP contribution >= 0.6 is 0 Å². The van der Waals surface area contributed by atoms with Crippen LogP contribution in [0.1, 0.15) is 82.5 Å². The van der Waals surface area contributed by atoms with Gasteiger partial charge in [0.1, 0.15) is 5.78 Å². The molecule has 4 aliphatic rings. The van der Waals surface area contributed by atoms with Crippen LogP contribution in [0.2, 0.25) is 0 Å². The molecule has 7 atom stereocenters. The molecule has 3 saturated carbocycles. The maximum atomic E-state index is 13.4. The highest BCUT2D eigenvalue weighted by Crippen LogP contribution is 2.66. The molecule has 1 aromatic rings. The molecule has 0 amide bonds. The molecule has 0 aromatic heterocycles. The zero-order valence-corrected chi connectivity index (χ0v) is 18.8. The van der Waals surface area contributed by atoms with Crippen LogP contribution in [-0.4, -0.2) is 11.6 Å². The monoisotopic (exact) mass is 404 g/mol. The molecule has 30 heavy (non-hydrogen) atoms. The number of carbonyl (C=O) groups is 2. The Hall–Kier alpha value is -1.70. The second-order valence-corrected chi connectivity index (χ2v) is 11.2. The van der Waals surface area contributed by atoms with Gasteiger partial charge < -0.3 is 0 Å². The Bertz CT molecular complexity index is 883. The van der Waals surface area contributed by atoms with E-state index in [0.717, 1.165) is 37.2 Å². The molecular weight excluding hydrogens is 368 g/mol. The SMILES string of the molecule is CC(=O)[C@@H]1CC[C@]2(C)C(=CC[C@H]3[C@H]4CC[C@H](C(=O)c5ccccc5)[C@]4(C)CC[C@@H]32)C1. The van der Waals surface area contributed by atoms with Gasteiger partial charge in [0, 0.05) is 17.4 Å². The van der Waals surface area contributed by atoms with Gasteiger partial charge in [0.15, 0.2) is 5.78 Å². The maximum absolute atomic E-state index is 13.4. The molecule has 0 radical (unpaired) electrons. The van der Waals surface area contributed by atoms with E-state index in [4.69, 9.17) is 0 Å². The van der Waals surface area contributed by atoms with Gasteiger partial charge in [-0.3, -0.25) is 9.59 Å². The third-order valence-corrected chi connectivity index (χ3v) is 10.1. The number of benzene rings is 1. The van der Waals surface area contributed by atoms with E-state index in [-0.39, 0.29) is 22.7 Å². The Morgan fingerprint density at radius 2 is 1.70 bits per heavy atom. The number of fused-ring (bicyclic) bond motifs is 5. The highest BCUT2D eigenvalue weighted by atomic mass is 16.1. The standard InChI is InChI=1S/C28H36O2/c1-18(29)20-13-15-27(2)21(17-20)9-10-22-23-11-12-25(28(23,3)16-14-24(22)27)26(30)19-7-5-4-6-8-19/h4-9,20,22-25H,10-17H2,1-3H3/t20-,22+,23-,24+,25-,27-,28-/m1/s1. The van der Waals surface area contributed by atoms with E-state index in [1.165, 1.54) is 25.7 Å². The highest BCUT2D eigenvalue weighted by molar-refractivity contribution is 5.98. The molecule has 0 saturated heterocycles. The van der Waals surface area contributed by atoms with Crippen molar-refractivity contribution < 1.29 is 9.59 Å². The Balaban J connectivity index is 1.41. The van der Waals surface area contributed by atoms with Crippen LogP contribution in [0.5, 0.6) is 0 Å². The van der Waals surface area contributed by atoms with Crippen LogP contribution in [0.25, 0.3) is 0 Å². The number of hydrogen-bond acceptors (Lipinski definition) is 2. The Morgan fingerprint density at radius 3 is 2.43 bits per heavy atom. The second kappa shape index (κ2) is 7.18. The quantitative estimate of drug-likeness (QED) is 0.417. The van der Waals surface area contributed by atoms with Gasteiger partial charge in [-0.2, -0.15) is 0 Å². The normalized spacial score (nSPS) is 42.5. The average molecular weight is 405 g/mol. The molecule has 2 heteroatoms. The van der Waals surface area contributed by atoms with Gasteiger partial charge in [0.25, 0.3) is 0 Å². The third kappa shape index (κ3) is 2.89. The summed E-state index contributed by atoms with van der Waals surface area (Å²) in [6.07, 6.45) is 11.6. The van der Waals surface area contributed by atoms with Crippen molar-refractivity contribution in [1.29, 1.82) is 0 Å². The molecule has 0 heterocycles. The lowest BCUT2D eigenvalue weighted by Crippen LogP contribution is -2.50. The molecule has 4 aliphatic carbocycles.